The zero-order valence-corrected chi connectivity index (χ0v) is 33.6. The number of hydrogen-bond acceptors (Lipinski definition) is 2. The van der Waals surface area contributed by atoms with Crippen molar-refractivity contribution in [1.29, 1.82) is 0 Å². The first-order chi connectivity index (χ1) is 30.7. The molecular weight excluding hydrogens is 753 g/mol. The lowest BCUT2D eigenvalue weighted by molar-refractivity contribution is 1.17. The van der Waals surface area contributed by atoms with Gasteiger partial charge in [0.15, 0.2) is 5.82 Å². The quantitative estimate of drug-likeness (QED) is 0.174. The smallest absolute Gasteiger partial charge is 0.160 e. The van der Waals surface area contributed by atoms with Crippen molar-refractivity contribution in [1.82, 2.24) is 19.1 Å². The first-order valence-electron chi connectivity index (χ1n) is 21.1. The summed E-state index contributed by atoms with van der Waals surface area (Å²) in [4.78, 5) is 10.4. The van der Waals surface area contributed by atoms with Crippen LogP contribution in [0.1, 0.15) is 0 Å². The Bertz CT molecular complexity index is 3920. The van der Waals surface area contributed by atoms with E-state index in [4.69, 9.17) is 9.97 Å². The van der Waals surface area contributed by atoms with Crippen LogP contribution in [0.3, 0.4) is 0 Å². The summed E-state index contributed by atoms with van der Waals surface area (Å²) < 4.78 is 4.87. The average Bonchev–Trinajstić information content (AvgIpc) is 3.85. The monoisotopic (exact) mass is 788 g/mol. The van der Waals surface area contributed by atoms with E-state index in [2.05, 4.69) is 221 Å². The summed E-state index contributed by atoms with van der Waals surface area (Å²) in [5.41, 5.74) is 11.9. The number of aromatic nitrogens is 4. The second-order valence-corrected chi connectivity index (χ2v) is 16.2. The normalized spacial score (nSPS) is 11.9. The molecule has 0 fully saturated rings. The van der Waals surface area contributed by atoms with E-state index in [-0.39, 0.29) is 0 Å². The molecule has 4 nitrogen and oxygen atoms in total. The van der Waals surface area contributed by atoms with Gasteiger partial charge in [-0.25, -0.2) is 9.97 Å². The molecule has 13 rings (SSSR count). The van der Waals surface area contributed by atoms with Gasteiger partial charge < -0.3 is 9.13 Å². The van der Waals surface area contributed by atoms with Crippen LogP contribution in [0.25, 0.3) is 121 Å². The van der Waals surface area contributed by atoms with Crippen LogP contribution >= 0.6 is 0 Å². The van der Waals surface area contributed by atoms with Gasteiger partial charge in [0.1, 0.15) is 0 Å². The Morgan fingerprint density at radius 3 is 1.71 bits per heavy atom. The molecule has 3 aromatic heterocycles. The van der Waals surface area contributed by atoms with Gasteiger partial charge in [-0.1, -0.05) is 152 Å². The third-order valence-electron chi connectivity index (χ3n) is 12.6. The maximum absolute atomic E-state index is 5.21. The van der Waals surface area contributed by atoms with Crippen molar-refractivity contribution >= 4 is 75.9 Å². The van der Waals surface area contributed by atoms with Crippen LogP contribution in [0.5, 0.6) is 0 Å². The van der Waals surface area contributed by atoms with Gasteiger partial charge in [0, 0.05) is 49.6 Å². The second-order valence-electron chi connectivity index (χ2n) is 16.2. The minimum atomic E-state index is 0.702. The van der Waals surface area contributed by atoms with Crippen molar-refractivity contribution in [2.24, 2.45) is 0 Å². The van der Waals surface area contributed by atoms with Crippen LogP contribution in [0.15, 0.2) is 218 Å². The summed E-state index contributed by atoms with van der Waals surface area (Å²) in [5, 5.41) is 12.2. The van der Waals surface area contributed by atoms with Gasteiger partial charge in [0.25, 0.3) is 0 Å². The van der Waals surface area contributed by atoms with E-state index in [1.807, 2.05) is 6.07 Å². The molecule has 0 N–H and O–H groups in total. The van der Waals surface area contributed by atoms with E-state index in [0.717, 1.165) is 50.2 Å². The SMILES string of the molecule is c1ccc(-c2cc(-c3ccc4ccccc4c3)nc(-c3ccc4cc(-n5c6ccccc6c6cc7c8c9ccccc9ccc8n(-c8ccccc8)c7cc65)ccc4c3)n2)cc1. The van der Waals surface area contributed by atoms with Gasteiger partial charge >= 0.3 is 0 Å². The van der Waals surface area contributed by atoms with Gasteiger partial charge in [0.05, 0.1) is 33.5 Å². The van der Waals surface area contributed by atoms with Crippen LogP contribution in [0.4, 0.5) is 0 Å². The van der Waals surface area contributed by atoms with Crippen LogP contribution in [-0.4, -0.2) is 19.1 Å². The molecule has 3 heterocycles. The number of rotatable bonds is 5. The van der Waals surface area contributed by atoms with E-state index < -0.39 is 0 Å². The number of benzene rings is 10. The molecule has 4 heteroatoms. The van der Waals surface area contributed by atoms with Crippen LogP contribution in [0.2, 0.25) is 0 Å². The largest absolute Gasteiger partial charge is 0.309 e. The molecule has 0 aliphatic rings. The summed E-state index contributed by atoms with van der Waals surface area (Å²) in [6, 6.07) is 78.6. The summed E-state index contributed by atoms with van der Waals surface area (Å²) in [7, 11) is 0. The number of hydrogen-bond donors (Lipinski definition) is 0. The molecule has 0 aliphatic heterocycles. The summed E-state index contributed by atoms with van der Waals surface area (Å²) in [6.07, 6.45) is 0. The van der Waals surface area contributed by atoms with Crippen molar-refractivity contribution in [2.75, 3.05) is 0 Å². The highest BCUT2D eigenvalue weighted by Crippen LogP contribution is 2.42. The maximum Gasteiger partial charge on any atom is 0.160 e. The number of para-hydroxylation sites is 2. The molecule has 0 amide bonds. The Hall–Kier alpha value is -8.34. The topological polar surface area (TPSA) is 35.6 Å². The van der Waals surface area contributed by atoms with Crippen molar-refractivity contribution in [3.8, 4) is 45.3 Å². The predicted octanol–water partition coefficient (Wildman–Crippen LogP) is 15.1. The first-order valence-corrected chi connectivity index (χ1v) is 21.1. The number of nitrogens with zero attached hydrogens (tertiary/aromatic N) is 4. The Labute approximate surface area is 357 Å². The van der Waals surface area contributed by atoms with Gasteiger partial charge in [0.2, 0.25) is 0 Å². The van der Waals surface area contributed by atoms with E-state index in [0.29, 0.717) is 5.82 Å². The van der Waals surface area contributed by atoms with Crippen LogP contribution in [0, 0.1) is 0 Å². The van der Waals surface area contributed by atoms with E-state index in [1.165, 1.54) is 65.2 Å². The molecule has 0 radical (unpaired) electrons. The van der Waals surface area contributed by atoms with Crippen molar-refractivity contribution in [3.05, 3.63) is 218 Å². The molecule has 62 heavy (non-hydrogen) atoms. The molecule has 0 bridgehead atoms. The van der Waals surface area contributed by atoms with Gasteiger partial charge in [-0.3, -0.25) is 0 Å². The van der Waals surface area contributed by atoms with Crippen LogP contribution in [-0.2, 0) is 0 Å². The Balaban J connectivity index is 0.985. The Morgan fingerprint density at radius 1 is 0.274 bits per heavy atom. The standard InChI is InChI=1S/C58H36N4/c1-3-15-39(16-4-1)51-35-52(43-25-23-37-13-7-8-17-40(37)31-43)60-58(59-51)44-26-24-42-33-46(29-27-41(42)32-44)62-53-22-12-11-21-48(53)49-34-50-56(36-55(49)62)61(45-18-5-2-6-19-45)54-30-28-38-14-9-10-20-47(38)57(50)54/h1-36H. The lowest BCUT2D eigenvalue weighted by atomic mass is 10.0. The maximum atomic E-state index is 5.21. The van der Waals surface area contributed by atoms with E-state index in [1.54, 1.807) is 0 Å². The molecule has 0 atom stereocenters. The number of fused-ring (bicyclic) bond motifs is 10. The summed E-state index contributed by atoms with van der Waals surface area (Å²) >= 11 is 0. The first kappa shape index (κ1) is 34.5. The van der Waals surface area contributed by atoms with Gasteiger partial charge in [-0.15, -0.1) is 0 Å². The highest BCUT2D eigenvalue weighted by Gasteiger charge is 2.20. The van der Waals surface area contributed by atoms with Crippen LogP contribution < -0.4 is 0 Å². The average molecular weight is 789 g/mol. The minimum Gasteiger partial charge on any atom is -0.309 e. The van der Waals surface area contributed by atoms with Crippen molar-refractivity contribution in [2.45, 2.75) is 0 Å². The second kappa shape index (κ2) is 13.6. The van der Waals surface area contributed by atoms with Crippen molar-refractivity contribution < 1.29 is 0 Å². The summed E-state index contributed by atoms with van der Waals surface area (Å²) in [6.45, 7) is 0. The molecule has 0 saturated heterocycles. The molecule has 288 valence electrons. The molecule has 0 unspecified atom stereocenters. The zero-order chi connectivity index (χ0) is 40.7. The molecule has 13 aromatic rings. The third kappa shape index (κ3) is 5.40. The zero-order valence-electron chi connectivity index (χ0n) is 33.6. The fourth-order valence-corrected chi connectivity index (χ4v) is 9.72. The Kier molecular flexibility index (Phi) is 7.57. The van der Waals surface area contributed by atoms with Gasteiger partial charge in [-0.2, -0.15) is 0 Å². The summed E-state index contributed by atoms with van der Waals surface area (Å²) in [5.74, 6) is 0.702. The minimum absolute atomic E-state index is 0.702. The third-order valence-corrected chi connectivity index (χ3v) is 12.6. The molecule has 0 saturated carbocycles. The highest BCUT2D eigenvalue weighted by atomic mass is 15.0. The predicted molar refractivity (Wildman–Crippen MR) is 260 cm³/mol. The fourth-order valence-electron chi connectivity index (χ4n) is 9.72. The lowest BCUT2D eigenvalue weighted by Crippen LogP contribution is -1.97. The fraction of sp³-hybridized carbons (Fsp3) is 0. The Morgan fingerprint density at radius 2 is 0.855 bits per heavy atom. The lowest BCUT2D eigenvalue weighted by Gasteiger charge is -2.12. The molecule has 10 aromatic carbocycles. The molecule has 0 aliphatic carbocycles. The highest BCUT2D eigenvalue weighted by molar-refractivity contribution is 6.25. The van der Waals surface area contributed by atoms with E-state index in [9.17, 15) is 0 Å². The van der Waals surface area contributed by atoms with Gasteiger partial charge in [-0.05, 0) is 99.0 Å². The molecular formula is C58H36N4. The molecule has 0 spiro atoms. The van der Waals surface area contributed by atoms with E-state index >= 15 is 0 Å². The van der Waals surface area contributed by atoms with Crippen molar-refractivity contribution in [3.63, 3.8) is 0 Å².